The molecule has 0 spiro atoms. The molecule has 2 heterocycles. The summed E-state index contributed by atoms with van der Waals surface area (Å²) in [6.07, 6.45) is 3.94. The summed E-state index contributed by atoms with van der Waals surface area (Å²) in [7, 11) is 0. The van der Waals surface area contributed by atoms with Crippen molar-refractivity contribution in [3.63, 3.8) is 0 Å². The predicted octanol–water partition coefficient (Wildman–Crippen LogP) is 0.906. The first-order chi connectivity index (χ1) is 9.61. The molecule has 106 valence electrons. The van der Waals surface area contributed by atoms with Gasteiger partial charge in [0.2, 0.25) is 0 Å². The van der Waals surface area contributed by atoms with Gasteiger partial charge >= 0.3 is 0 Å². The van der Waals surface area contributed by atoms with Crippen LogP contribution in [0.3, 0.4) is 0 Å². The van der Waals surface area contributed by atoms with E-state index in [4.69, 9.17) is 0 Å². The van der Waals surface area contributed by atoms with E-state index in [0.29, 0.717) is 35.1 Å². The fraction of sp³-hybridized carbons (Fsp3) is 0.417. The molecule has 2 aromatic heterocycles. The van der Waals surface area contributed by atoms with Gasteiger partial charge in [-0.05, 0) is 20.1 Å². The maximum absolute atomic E-state index is 12.2. The molecule has 20 heavy (non-hydrogen) atoms. The molecule has 2 aromatic rings. The van der Waals surface area contributed by atoms with Crippen molar-refractivity contribution < 1.29 is 4.79 Å². The quantitative estimate of drug-likeness (QED) is 0.628. The van der Waals surface area contributed by atoms with Crippen LogP contribution in [0.2, 0.25) is 0 Å². The highest BCUT2D eigenvalue weighted by atomic mass is 32.2. The van der Waals surface area contributed by atoms with Crippen molar-refractivity contribution in [2.45, 2.75) is 25.3 Å². The first-order valence-electron chi connectivity index (χ1n) is 6.13. The third-order valence-electron chi connectivity index (χ3n) is 2.70. The van der Waals surface area contributed by atoms with Crippen LogP contribution < -0.4 is 5.32 Å². The van der Waals surface area contributed by atoms with E-state index in [1.54, 1.807) is 0 Å². The molecule has 1 amide bonds. The largest absolute Gasteiger partial charge is 0.351 e. The maximum Gasteiger partial charge on any atom is 0.255 e. The van der Waals surface area contributed by atoms with Crippen LogP contribution in [0.15, 0.2) is 11.4 Å². The van der Waals surface area contributed by atoms with Crippen molar-refractivity contribution in [1.82, 2.24) is 30.5 Å². The topological polar surface area (TPSA) is 96.5 Å². The first-order valence-corrected chi connectivity index (χ1v) is 7.36. The molecule has 0 atom stereocenters. The van der Waals surface area contributed by atoms with Gasteiger partial charge in [0.1, 0.15) is 23.0 Å². The second-order valence-corrected chi connectivity index (χ2v) is 4.97. The molecule has 0 aliphatic carbocycles. The molecule has 0 radical (unpaired) electrons. The Morgan fingerprint density at radius 2 is 2.20 bits per heavy atom. The number of aryl methyl sites for hydroxylation is 2. The van der Waals surface area contributed by atoms with Crippen LogP contribution in [0.1, 0.15) is 27.7 Å². The van der Waals surface area contributed by atoms with Gasteiger partial charge in [0.05, 0.1) is 11.3 Å². The van der Waals surface area contributed by atoms with E-state index in [1.165, 1.54) is 18.1 Å². The third-order valence-corrected chi connectivity index (χ3v) is 3.38. The van der Waals surface area contributed by atoms with Crippen molar-refractivity contribution in [2.24, 2.45) is 0 Å². The van der Waals surface area contributed by atoms with Gasteiger partial charge in [-0.1, -0.05) is 0 Å². The lowest BCUT2D eigenvalue weighted by atomic mass is 10.2. The molecule has 7 nitrogen and oxygen atoms in total. The number of hydrogen-bond acceptors (Lipinski definition) is 6. The summed E-state index contributed by atoms with van der Waals surface area (Å²) < 4.78 is 0. The molecule has 0 aliphatic rings. The number of nitrogens with zero attached hydrogens (tertiary/aromatic N) is 4. The standard InChI is InChI=1S/C12H16N6OS/c1-7-10(12(20-3)17-8(2)16-7)11(19)13-5-4-9-14-6-15-18-9/h6H,4-5H2,1-3H3,(H,13,19)(H,14,15,18). The molecule has 0 saturated heterocycles. The Balaban J connectivity index is 2.05. The summed E-state index contributed by atoms with van der Waals surface area (Å²) >= 11 is 1.44. The number of aromatic nitrogens is 5. The molecular formula is C12H16N6OS. The molecule has 8 heteroatoms. The van der Waals surface area contributed by atoms with Gasteiger partial charge < -0.3 is 5.32 Å². The van der Waals surface area contributed by atoms with E-state index < -0.39 is 0 Å². The van der Waals surface area contributed by atoms with Gasteiger partial charge in [0.25, 0.3) is 5.91 Å². The Morgan fingerprint density at radius 3 is 2.85 bits per heavy atom. The van der Waals surface area contributed by atoms with Crippen LogP contribution in [-0.4, -0.2) is 43.9 Å². The van der Waals surface area contributed by atoms with E-state index in [2.05, 4.69) is 30.5 Å². The summed E-state index contributed by atoms with van der Waals surface area (Å²) in [6, 6.07) is 0. The fourth-order valence-electron chi connectivity index (χ4n) is 1.82. The lowest BCUT2D eigenvalue weighted by molar-refractivity contribution is 0.0949. The van der Waals surface area contributed by atoms with E-state index in [1.807, 2.05) is 20.1 Å². The lowest BCUT2D eigenvalue weighted by Crippen LogP contribution is -2.28. The summed E-state index contributed by atoms with van der Waals surface area (Å²) in [6.45, 7) is 4.12. The first kappa shape index (κ1) is 14.4. The van der Waals surface area contributed by atoms with Crippen molar-refractivity contribution in [3.8, 4) is 0 Å². The predicted molar refractivity (Wildman–Crippen MR) is 75.7 cm³/mol. The average Bonchev–Trinajstić information content (AvgIpc) is 2.90. The molecule has 0 unspecified atom stereocenters. The number of nitrogens with one attached hydrogen (secondary N) is 2. The zero-order chi connectivity index (χ0) is 14.5. The number of hydrogen-bond donors (Lipinski definition) is 2. The summed E-state index contributed by atoms with van der Waals surface area (Å²) in [4.78, 5) is 24.8. The Morgan fingerprint density at radius 1 is 1.40 bits per heavy atom. The summed E-state index contributed by atoms with van der Waals surface area (Å²) in [5.74, 6) is 1.25. The zero-order valence-corrected chi connectivity index (χ0v) is 12.4. The highest BCUT2D eigenvalue weighted by Crippen LogP contribution is 2.20. The van der Waals surface area contributed by atoms with Crippen molar-refractivity contribution in [2.75, 3.05) is 12.8 Å². The van der Waals surface area contributed by atoms with Gasteiger partial charge in [-0.3, -0.25) is 9.89 Å². The van der Waals surface area contributed by atoms with Crippen molar-refractivity contribution in [3.05, 3.63) is 29.2 Å². The number of carbonyl (C=O) groups excluding carboxylic acids is 1. The van der Waals surface area contributed by atoms with Crippen LogP contribution in [0.4, 0.5) is 0 Å². The minimum atomic E-state index is -0.161. The fourth-order valence-corrected chi connectivity index (χ4v) is 2.49. The smallest absolute Gasteiger partial charge is 0.255 e. The van der Waals surface area contributed by atoms with Gasteiger partial charge in [0, 0.05) is 13.0 Å². The number of rotatable bonds is 5. The SMILES string of the molecule is CSc1nc(C)nc(C)c1C(=O)NCCc1ncn[nH]1. The highest BCUT2D eigenvalue weighted by Gasteiger charge is 2.17. The average molecular weight is 292 g/mol. The summed E-state index contributed by atoms with van der Waals surface area (Å²) in [5, 5.41) is 10.1. The van der Waals surface area contributed by atoms with Gasteiger partial charge in [0.15, 0.2) is 0 Å². The van der Waals surface area contributed by atoms with Crippen LogP contribution >= 0.6 is 11.8 Å². The molecule has 0 bridgehead atoms. The molecule has 0 fully saturated rings. The second kappa shape index (κ2) is 6.47. The number of amides is 1. The van der Waals surface area contributed by atoms with Gasteiger partial charge in [-0.25, -0.2) is 15.0 Å². The normalized spacial score (nSPS) is 10.6. The zero-order valence-electron chi connectivity index (χ0n) is 11.6. The Bertz CT molecular complexity index is 598. The van der Waals surface area contributed by atoms with E-state index >= 15 is 0 Å². The van der Waals surface area contributed by atoms with E-state index in [0.717, 1.165) is 5.82 Å². The molecule has 0 aliphatic heterocycles. The molecule has 2 rings (SSSR count). The molecule has 2 N–H and O–H groups in total. The highest BCUT2D eigenvalue weighted by molar-refractivity contribution is 7.98. The number of aromatic amines is 1. The van der Waals surface area contributed by atoms with Crippen molar-refractivity contribution in [1.29, 1.82) is 0 Å². The Hall–Kier alpha value is -1.96. The van der Waals surface area contributed by atoms with E-state index in [-0.39, 0.29) is 5.91 Å². The number of H-pyrrole nitrogens is 1. The molecular weight excluding hydrogens is 276 g/mol. The lowest BCUT2D eigenvalue weighted by Gasteiger charge is -2.10. The Labute approximate surface area is 121 Å². The van der Waals surface area contributed by atoms with Crippen LogP contribution in [0.5, 0.6) is 0 Å². The van der Waals surface area contributed by atoms with Gasteiger partial charge in [-0.15, -0.1) is 11.8 Å². The monoisotopic (exact) mass is 292 g/mol. The van der Waals surface area contributed by atoms with Crippen LogP contribution in [-0.2, 0) is 6.42 Å². The van der Waals surface area contributed by atoms with Crippen LogP contribution in [0, 0.1) is 13.8 Å². The maximum atomic E-state index is 12.2. The Kier molecular flexibility index (Phi) is 4.67. The third kappa shape index (κ3) is 3.32. The molecule has 0 aromatic carbocycles. The minimum Gasteiger partial charge on any atom is -0.351 e. The van der Waals surface area contributed by atoms with Crippen LogP contribution in [0.25, 0.3) is 0 Å². The van der Waals surface area contributed by atoms with Gasteiger partial charge in [-0.2, -0.15) is 5.10 Å². The number of carbonyl (C=O) groups is 1. The van der Waals surface area contributed by atoms with E-state index in [9.17, 15) is 4.79 Å². The number of thioether (sulfide) groups is 1. The van der Waals surface area contributed by atoms with Crippen molar-refractivity contribution >= 4 is 17.7 Å². The summed E-state index contributed by atoms with van der Waals surface area (Å²) in [5.41, 5.74) is 1.24. The molecule has 0 saturated carbocycles. The minimum absolute atomic E-state index is 0.161. The second-order valence-electron chi connectivity index (χ2n) is 4.18.